The number of ether oxygens (including phenoxy) is 2. The van der Waals surface area contributed by atoms with Crippen molar-refractivity contribution in [2.45, 2.75) is 146 Å². The number of allylic oxidation sites excluding steroid dienone is 1. The summed E-state index contributed by atoms with van der Waals surface area (Å²) in [5.41, 5.74) is -2.42. The molecule has 0 amide bonds. The van der Waals surface area contributed by atoms with E-state index in [4.69, 9.17) is 9.47 Å². The summed E-state index contributed by atoms with van der Waals surface area (Å²) in [6, 6.07) is 0. The lowest BCUT2D eigenvalue weighted by Gasteiger charge is -2.60. The van der Waals surface area contributed by atoms with E-state index in [2.05, 4.69) is 6.92 Å². The SMILES string of the molecule is C[C@H]([C@H](O)CCC(C)(C)O[C@@H]1O[C@H](CO)[C@@H](O)[C@H](O)[C@H]1O)[C@H]1CC[C@@]2(O)C3=CC(=O)[C@@H]4C[C@@H](O)[C@@H](O)C[C@]4(C)[C@H]3CC[C@]12C. The summed E-state index contributed by atoms with van der Waals surface area (Å²) in [5.74, 6) is -0.721. The summed E-state index contributed by atoms with van der Waals surface area (Å²) < 4.78 is 11.5. The van der Waals surface area contributed by atoms with Crippen LogP contribution in [0.5, 0.6) is 0 Å². The molecule has 4 fully saturated rings. The number of hydrogen-bond acceptors (Lipinski definition) is 11. The summed E-state index contributed by atoms with van der Waals surface area (Å²) >= 11 is 0. The predicted molar refractivity (Wildman–Crippen MR) is 158 cm³/mol. The van der Waals surface area contributed by atoms with Crippen molar-refractivity contribution in [1.29, 1.82) is 0 Å². The molecule has 44 heavy (non-hydrogen) atoms. The van der Waals surface area contributed by atoms with Crippen LogP contribution in [0.1, 0.15) is 86.0 Å². The van der Waals surface area contributed by atoms with Gasteiger partial charge in [-0.3, -0.25) is 4.79 Å². The van der Waals surface area contributed by atoms with E-state index in [1.165, 1.54) is 0 Å². The summed E-state index contributed by atoms with van der Waals surface area (Å²) in [4.78, 5) is 13.4. The molecule has 1 aliphatic heterocycles. The van der Waals surface area contributed by atoms with Crippen LogP contribution in [0.15, 0.2) is 11.6 Å². The van der Waals surface area contributed by atoms with Gasteiger partial charge in [0.05, 0.1) is 36.1 Å². The number of carbonyl (C=O) groups is 1. The first-order chi connectivity index (χ1) is 20.4. The lowest BCUT2D eigenvalue weighted by Crippen LogP contribution is -2.61. The van der Waals surface area contributed by atoms with Gasteiger partial charge in [-0.05, 0) is 100 Å². The molecule has 5 rings (SSSR count). The van der Waals surface area contributed by atoms with Crippen molar-refractivity contribution in [3.05, 3.63) is 11.6 Å². The van der Waals surface area contributed by atoms with Crippen molar-refractivity contribution < 1.29 is 55.1 Å². The smallest absolute Gasteiger partial charge is 0.187 e. The Bertz CT molecular complexity index is 1110. The first kappa shape index (κ1) is 34.3. The van der Waals surface area contributed by atoms with Gasteiger partial charge in [0.1, 0.15) is 24.4 Å². The molecule has 1 heterocycles. The molecule has 1 saturated heterocycles. The maximum absolute atomic E-state index is 13.4. The molecular formula is C33H54O11. The van der Waals surface area contributed by atoms with Crippen molar-refractivity contribution >= 4 is 5.78 Å². The van der Waals surface area contributed by atoms with Crippen LogP contribution in [-0.4, -0.2) is 113 Å². The van der Waals surface area contributed by atoms with Crippen LogP contribution in [0.2, 0.25) is 0 Å². The number of aliphatic hydroxyl groups is 8. The third kappa shape index (κ3) is 5.42. The van der Waals surface area contributed by atoms with Gasteiger partial charge in [0.15, 0.2) is 12.1 Å². The van der Waals surface area contributed by atoms with Crippen molar-refractivity contribution in [3.8, 4) is 0 Å². The second-order valence-corrected chi connectivity index (χ2v) is 15.7. The molecule has 8 N–H and O–H groups in total. The minimum absolute atomic E-state index is 0.0155. The second kappa shape index (κ2) is 11.9. The van der Waals surface area contributed by atoms with E-state index in [0.717, 1.165) is 12.0 Å². The van der Waals surface area contributed by atoms with Crippen LogP contribution in [-0.2, 0) is 14.3 Å². The van der Waals surface area contributed by atoms with Crippen LogP contribution in [0, 0.1) is 34.5 Å². The van der Waals surface area contributed by atoms with Gasteiger partial charge in [-0.25, -0.2) is 0 Å². The average Bonchev–Trinajstić information content (AvgIpc) is 3.24. The molecule has 4 aliphatic carbocycles. The minimum Gasteiger partial charge on any atom is -0.394 e. The average molecular weight is 627 g/mol. The normalized spacial score (nSPS) is 49.0. The maximum atomic E-state index is 13.4. The van der Waals surface area contributed by atoms with E-state index >= 15 is 0 Å². The van der Waals surface area contributed by atoms with Gasteiger partial charge >= 0.3 is 0 Å². The quantitative estimate of drug-likeness (QED) is 0.187. The van der Waals surface area contributed by atoms with Gasteiger partial charge < -0.3 is 50.3 Å². The van der Waals surface area contributed by atoms with Gasteiger partial charge in [-0.2, -0.15) is 0 Å². The molecule has 11 heteroatoms. The highest BCUT2D eigenvalue weighted by Gasteiger charge is 2.67. The molecule has 11 nitrogen and oxygen atoms in total. The fraction of sp³-hybridized carbons (Fsp3) is 0.909. The number of hydrogen-bond donors (Lipinski definition) is 8. The van der Waals surface area contributed by atoms with Crippen LogP contribution >= 0.6 is 0 Å². The number of fused-ring (bicyclic) bond motifs is 5. The monoisotopic (exact) mass is 626 g/mol. The molecular weight excluding hydrogens is 572 g/mol. The van der Waals surface area contributed by atoms with Crippen molar-refractivity contribution in [2.24, 2.45) is 34.5 Å². The Kier molecular flexibility index (Phi) is 9.30. The zero-order chi connectivity index (χ0) is 32.6. The molecule has 0 aromatic rings. The number of carbonyl (C=O) groups excluding carboxylic acids is 1. The van der Waals surface area contributed by atoms with Crippen molar-refractivity contribution in [2.75, 3.05) is 6.61 Å². The summed E-state index contributed by atoms with van der Waals surface area (Å²) in [5, 5.41) is 84.8. The topological polar surface area (TPSA) is 197 Å². The Balaban J connectivity index is 1.27. The Morgan fingerprint density at radius 2 is 1.70 bits per heavy atom. The first-order valence-corrected chi connectivity index (χ1v) is 16.4. The van der Waals surface area contributed by atoms with Crippen molar-refractivity contribution in [1.82, 2.24) is 0 Å². The molecule has 252 valence electrons. The lowest BCUT2D eigenvalue weighted by molar-refractivity contribution is -0.324. The van der Waals surface area contributed by atoms with Gasteiger partial charge in [0.25, 0.3) is 0 Å². The highest BCUT2D eigenvalue weighted by atomic mass is 16.7. The second-order valence-electron chi connectivity index (χ2n) is 15.7. The highest BCUT2D eigenvalue weighted by Crippen LogP contribution is 2.68. The lowest BCUT2D eigenvalue weighted by atomic mass is 9.46. The molecule has 3 saturated carbocycles. The van der Waals surface area contributed by atoms with E-state index in [9.17, 15) is 45.6 Å². The molecule has 5 aliphatic rings. The summed E-state index contributed by atoms with van der Waals surface area (Å²) in [6.07, 6.45) is -3.83. The van der Waals surface area contributed by atoms with E-state index < -0.39 is 77.7 Å². The van der Waals surface area contributed by atoms with Crippen LogP contribution in [0.3, 0.4) is 0 Å². The van der Waals surface area contributed by atoms with E-state index in [-0.39, 0.29) is 35.9 Å². The number of rotatable bonds is 8. The largest absolute Gasteiger partial charge is 0.394 e. The van der Waals surface area contributed by atoms with E-state index in [1.54, 1.807) is 19.9 Å². The summed E-state index contributed by atoms with van der Waals surface area (Å²) in [6.45, 7) is 9.12. The first-order valence-electron chi connectivity index (χ1n) is 16.4. The van der Waals surface area contributed by atoms with Crippen LogP contribution in [0.25, 0.3) is 0 Å². The van der Waals surface area contributed by atoms with Gasteiger partial charge in [0, 0.05) is 11.3 Å². The van der Waals surface area contributed by atoms with Crippen LogP contribution in [0.4, 0.5) is 0 Å². The minimum atomic E-state index is -1.54. The number of aliphatic hydroxyl groups excluding tert-OH is 7. The van der Waals surface area contributed by atoms with Gasteiger partial charge in [-0.15, -0.1) is 0 Å². The van der Waals surface area contributed by atoms with E-state index in [1.807, 2.05) is 13.8 Å². The zero-order valence-corrected chi connectivity index (χ0v) is 26.7. The Morgan fingerprint density at radius 3 is 2.36 bits per heavy atom. The zero-order valence-electron chi connectivity index (χ0n) is 26.7. The molecule has 0 unspecified atom stereocenters. The van der Waals surface area contributed by atoms with Gasteiger partial charge in [-0.1, -0.05) is 20.8 Å². The molecule has 0 bridgehead atoms. The Hall–Kier alpha value is -0.990. The summed E-state index contributed by atoms with van der Waals surface area (Å²) in [7, 11) is 0. The molecule has 0 radical (unpaired) electrons. The Morgan fingerprint density at radius 1 is 1.02 bits per heavy atom. The van der Waals surface area contributed by atoms with Crippen molar-refractivity contribution in [3.63, 3.8) is 0 Å². The Labute approximate surface area is 259 Å². The fourth-order valence-electron chi connectivity index (χ4n) is 9.82. The number of ketones is 1. The third-order valence-corrected chi connectivity index (χ3v) is 12.8. The highest BCUT2D eigenvalue weighted by molar-refractivity contribution is 5.95. The molecule has 0 aromatic heterocycles. The third-order valence-electron chi connectivity index (χ3n) is 12.8. The maximum Gasteiger partial charge on any atom is 0.187 e. The predicted octanol–water partition coefficient (Wildman–Crippen LogP) is 0.563. The van der Waals surface area contributed by atoms with E-state index in [0.29, 0.717) is 38.5 Å². The molecule has 0 aromatic carbocycles. The standard InChI is InChI=1S/C33H54O11/c1-16(21(35)8-9-30(2,3)44-29-28(41)27(40)26(39)25(15-34)43-29)17-7-11-33(42)19-12-22(36)20-13-23(37)24(38)14-31(20,4)18(19)6-10-32(17,33)5/h12,16-18,20-21,23-29,34-35,37-42H,6-11,13-15H2,1-5H3/t16-,17+,18-,20-,21+,23+,24-,25+,26+,27-,28+,29-,31+,32+,33+/m0/s1. The fourth-order valence-corrected chi connectivity index (χ4v) is 9.82. The molecule has 0 spiro atoms. The van der Waals surface area contributed by atoms with Crippen LogP contribution < -0.4 is 0 Å². The van der Waals surface area contributed by atoms with Gasteiger partial charge in [0.2, 0.25) is 0 Å². The molecule has 15 atom stereocenters.